The molecule has 4 nitrogen and oxygen atoms in total. The predicted octanol–water partition coefficient (Wildman–Crippen LogP) is -0.353. The molecule has 0 unspecified atom stereocenters. The number of aliphatic hydroxyl groups is 1. The highest BCUT2D eigenvalue weighted by Gasteiger charge is 1.84. The van der Waals surface area contributed by atoms with Crippen molar-refractivity contribution >= 4 is 22.9 Å². The van der Waals surface area contributed by atoms with Gasteiger partial charge in [-0.25, -0.2) is 0 Å². The zero-order valence-corrected chi connectivity index (χ0v) is 8.00. The topological polar surface area (TPSA) is 70.6 Å². The van der Waals surface area contributed by atoms with Crippen molar-refractivity contribution in [2.45, 2.75) is 0 Å². The van der Waals surface area contributed by atoms with Crippen LogP contribution < -0.4 is 11.1 Å². The normalized spacial score (nSPS) is 10.1. The minimum absolute atomic E-state index is 0. The predicted molar refractivity (Wildman–Crippen MR) is 52.1 cm³/mol. The van der Waals surface area contributed by atoms with Gasteiger partial charge in [0, 0.05) is 6.54 Å². The maximum atomic E-state index is 8.33. The highest BCUT2D eigenvalue weighted by Crippen LogP contribution is 1.67. The maximum Gasteiger partial charge on any atom is 0.188 e. The molecular weight excluding hydrogens is 210 g/mol. The molecule has 4 N–H and O–H groups in total. The Morgan fingerprint density at radius 2 is 2.36 bits per heavy atom. The molecule has 0 atom stereocenters. The van der Waals surface area contributed by atoms with E-state index >= 15 is 0 Å². The number of guanidine groups is 1. The molecule has 0 aliphatic heterocycles. The van der Waals surface area contributed by atoms with Crippen LogP contribution in [0.3, 0.4) is 0 Å². The Morgan fingerprint density at radius 1 is 1.73 bits per heavy atom. The van der Waals surface area contributed by atoms with Crippen molar-refractivity contribution in [1.29, 1.82) is 0 Å². The lowest BCUT2D eigenvalue weighted by atomic mass is 10.6. The van der Waals surface area contributed by atoms with Crippen LogP contribution in [0.2, 0.25) is 0 Å². The van der Waals surface area contributed by atoms with E-state index in [0.717, 1.165) is 0 Å². The van der Waals surface area contributed by atoms with Crippen molar-refractivity contribution in [2.24, 2.45) is 10.7 Å². The molecule has 0 aliphatic rings. The number of nitrogens with two attached hydrogens (primary N) is 1. The van der Waals surface area contributed by atoms with E-state index in [1.807, 2.05) is 0 Å². The van der Waals surface area contributed by atoms with Gasteiger partial charge in [-0.2, -0.15) is 0 Å². The Kier molecular flexibility index (Phi) is 11.2. The fourth-order valence-corrected chi connectivity index (χ4v) is 0.403. The van der Waals surface area contributed by atoms with E-state index in [1.54, 1.807) is 6.08 Å². The van der Waals surface area contributed by atoms with E-state index in [1.165, 1.54) is 0 Å². The molecule has 0 bridgehead atoms. The van der Waals surface area contributed by atoms with Gasteiger partial charge in [-0.1, -0.05) is 6.08 Å². The smallest absolute Gasteiger partial charge is 0.188 e. The van der Waals surface area contributed by atoms with Gasteiger partial charge in [-0.05, 0) is 0 Å². The van der Waals surface area contributed by atoms with E-state index in [-0.39, 0.29) is 23.6 Å². The van der Waals surface area contributed by atoms with Crippen LogP contribution in [-0.2, 0) is 0 Å². The van der Waals surface area contributed by atoms with Gasteiger partial charge in [-0.3, -0.25) is 4.99 Å². The summed E-state index contributed by atoms with van der Waals surface area (Å²) in [6.07, 6.45) is 1.68. The summed E-state index contributed by atoms with van der Waals surface area (Å²) >= 11 is 0. The molecule has 0 radical (unpaired) electrons. The van der Waals surface area contributed by atoms with E-state index in [9.17, 15) is 0 Å². The molecule has 66 valence electrons. The van der Waals surface area contributed by atoms with Crippen molar-refractivity contribution in [3.63, 3.8) is 0 Å². The lowest BCUT2D eigenvalue weighted by Crippen LogP contribution is -2.31. The van der Waals surface area contributed by atoms with Gasteiger partial charge in [0.05, 0.1) is 13.2 Å². The van der Waals surface area contributed by atoms with Crippen LogP contribution in [0.4, 0.5) is 0 Å². The minimum Gasteiger partial charge on any atom is -0.394 e. The number of hydrogen-bond acceptors (Lipinski definition) is 2. The molecule has 0 heterocycles. The van der Waals surface area contributed by atoms with Crippen LogP contribution in [0.25, 0.3) is 0 Å². The second-order valence-electron chi connectivity index (χ2n) is 1.66. The molecule has 11 heavy (non-hydrogen) atoms. The van der Waals surface area contributed by atoms with Gasteiger partial charge in [0.25, 0.3) is 0 Å². The molecule has 0 saturated carbocycles. The Morgan fingerprint density at radius 3 is 2.82 bits per heavy atom. The molecule has 0 aliphatic carbocycles. The summed E-state index contributed by atoms with van der Waals surface area (Å²) in [6, 6.07) is 0. The van der Waals surface area contributed by atoms with Crippen molar-refractivity contribution in [3.8, 4) is 0 Å². The fourth-order valence-electron chi connectivity index (χ4n) is 0.403. The van der Waals surface area contributed by atoms with E-state index in [4.69, 9.17) is 10.8 Å². The molecule has 0 amide bonds. The van der Waals surface area contributed by atoms with E-state index in [2.05, 4.69) is 16.9 Å². The second-order valence-corrected chi connectivity index (χ2v) is 1.66. The molecule has 0 saturated heterocycles. The minimum atomic E-state index is 0. The highest BCUT2D eigenvalue weighted by molar-refractivity contribution is 8.93. The summed E-state index contributed by atoms with van der Waals surface area (Å²) in [5.41, 5.74) is 5.33. The summed E-state index contributed by atoms with van der Waals surface area (Å²) < 4.78 is 0. The average Bonchev–Trinajstić information content (AvgIpc) is 1.97. The number of halogens is 1. The monoisotopic (exact) mass is 223 g/mol. The molecule has 5 heteroatoms. The average molecular weight is 224 g/mol. The van der Waals surface area contributed by atoms with Gasteiger partial charge in [0.1, 0.15) is 0 Å². The summed E-state index contributed by atoms with van der Waals surface area (Å²) in [6.45, 7) is 4.46. The number of nitrogens with zero attached hydrogens (tertiary/aromatic N) is 1. The van der Waals surface area contributed by atoms with Crippen LogP contribution in [0.1, 0.15) is 0 Å². The van der Waals surface area contributed by atoms with Crippen LogP contribution in [0, 0.1) is 0 Å². The standard InChI is InChI=1S/C6H13N3O.BrH/c1-2-3-8-6(7)9-4-5-10;/h2,10H,1,3-5H2,(H3,7,8,9);1H. The first-order valence-corrected chi connectivity index (χ1v) is 3.06. The molecule has 0 rings (SSSR count). The van der Waals surface area contributed by atoms with Gasteiger partial charge in [0.15, 0.2) is 5.96 Å². The van der Waals surface area contributed by atoms with Crippen molar-refractivity contribution < 1.29 is 5.11 Å². The first-order valence-electron chi connectivity index (χ1n) is 3.06. The molecule has 0 aromatic carbocycles. The third kappa shape index (κ3) is 9.45. The molecule has 0 aromatic rings. The summed E-state index contributed by atoms with van der Waals surface area (Å²) in [7, 11) is 0. The van der Waals surface area contributed by atoms with Crippen LogP contribution >= 0.6 is 17.0 Å². The van der Waals surface area contributed by atoms with E-state index < -0.39 is 0 Å². The SMILES string of the molecule is Br.C=CCNC(N)=NCCO. The third-order valence-electron chi connectivity index (χ3n) is 0.810. The highest BCUT2D eigenvalue weighted by atomic mass is 79.9. The number of rotatable bonds is 4. The summed E-state index contributed by atoms with van der Waals surface area (Å²) in [5, 5.41) is 11.1. The zero-order chi connectivity index (χ0) is 7.82. The maximum absolute atomic E-state index is 8.33. The molecular formula is C6H14BrN3O. The number of aliphatic hydroxyl groups excluding tert-OH is 1. The quantitative estimate of drug-likeness (QED) is 0.347. The third-order valence-corrected chi connectivity index (χ3v) is 0.810. The van der Waals surface area contributed by atoms with Crippen LogP contribution in [0.5, 0.6) is 0 Å². The summed E-state index contributed by atoms with van der Waals surface area (Å²) in [4.78, 5) is 3.77. The first-order chi connectivity index (χ1) is 4.81. The van der Waals surface area contributed by atoms with Crippen molar-refractivity contribution in [1.82, 2.24) is 5.32 Å². The molecule has 0 spiro atoms. The number of nitrogens with one attached hydrogen (secondary N) is 1. The van der Waals surface area contributed by atoms with Gasteiger partial charge in [-0.15, -0.1) is 23.6 Å². The van der Waals surface area contributed by atoms with Gasteiger partial charge >= 0.3 is 0 Å². The summed E-state index contributed by atoms with van der Waals surface area (Å²) in [5.74, 6) is 0.342. The Hall–Kier alpha value is -0.550. The molecule has 0 aromatic heterocycles. The molecule has 0 fully saturated rings. The number of hydrogen-bond donors (Lipinski definition) is 3. The lowest BCUT2D eigenvalue weighted by molar-refractivity contribution is 0.306. The van der Waals surface area contributed by atoms with Crippen molar-refractivity contribution in [3.05, 3.63) is 12.7 Å². The Labute approximate surface area is 77.0 Å². The largest absolute Gasteiger partial charge is 0.394 e. The van der Waals surface area contributed by atoms with E-state index in [0.29, 0.717) is 19.0 Å². The van der Waals surface area contributed by atoms with Gasteiger partial charge in [0.2, 0.25) is 0 Å². The van der Waals surface area contributed by atoms with Crippen LogP contribution in [-0.4, -0.2) is 30.8 Å². The van der Waals surface area contributed by atoms with Crippen LogP contribution in [0.15, 0.2) is 17.6 Å². The van der Waals surface area contributed by atoms with Gasteiger partial charge < -0.3 is 16.2 Å². The first kappa shape index (κ1) is 13.1. The second kappa shape index (κ2) is 9.45. The number of aliphatic imine (C=N–C) groups is 1. The Balaban J connectivity index is 0. The fraction of sp³-hybridized carbons (Fsp3) is 0.500. The lowest BCUT2D eigenvalue weighted by Gasteiger charge is -1.99. The Bertz CT molecular complexity index is 127. The van der Waals surface area contributed by atoms with Crippen molar-refractivity contribution in [2.75, 3.05) is 19.7 Å². The zero-order valence-electron chi connectivity index (χ0n) is 6.29.